The molecule has 1 saturated carbocycles. The van der Waals surface area contributed by atoms with Crippen LogP contribution in [0.25, 0.3) is 0 Å². The van der Waals surface area contributed by atoms with Crippen molar-refractivity contribution in [3.05, 3.63) is 90.0 Å². The molecule has 2 aromatic carbocycles. The molecule has 11 nitrogen and oxygen atoms in total. The number of nitro benzene ring substituents is 2. The fraction of sp³-hybridized carbons (Fsp3) is 0.261. The lowest BCUT2D eigenvalue weighted by atomic mass is 9.84. The van der Waals surface area contributed by atoms with Crippen LogP contribution in [-0.4, -0.2) is 51.7 Å². The van der Waals surface area contributed by atoms with Gasteiger partial charge in [-0.3, -0.25) is 34.6 Å². The Hall–Kier alpha value is -2.67. The predicted molar refractivity (Wildman–Crippen MR) is 145 cm³/mol. The van der Waals surface area contributed by atoms with E-state index in [9.17, 15) is 34.6 Å². The zero-order valence-corrected chi connectivity index (χ0v) is 23.9. The van der Waals surface area contributed by atoms with Crippen molar-refractivity contribution >= 4 is 98.7 Å². The number of nitrogens with zero attached hydrogens (tertiary/aromatic N) is 4. The van der Waals surface area contributed by atoms with Gasteiger partial charge in [-0.15, -0.1) is 23.2 Å². The van der Waals surface area contributed by atoms with E-state index >= 15 is 0 Å². The molecule has 0 spiro atoms. The Balaban J connectivity index is 1.63. The molecule has 40 heavy (non-hydrogen) atoms. The van der Waals surface area contributed by atoms with Crippen molar-refractivity contribution in [3.63, 3.8) is 0 Å². The number of fused-ring (bicyclic) bond motifs is 5. The van der Waals surface area contributed by atoms with Gasteiger partial charge in [0.2, 0.25) is 0 Å². The van der Waals surface area contributed by atoms with Crippen LogP contribution >= 0.6 is 69.6 Å². The Morgan fingerprint density at radius 2 is 1.35 bits per heavy atom. The molecule has 208 valence electrons. The summed E-state index contributed by atoms with van der Waals surface area (Å²) in [6, 6.07) is 9.76. The fourth-order valence-corrected chi connectivity index (χ4v) is 8.23. The molecule has 2 fully saturated rings. The van der Waals surface area contributed by atoms with Crippen LogP contribution in [0.4, 0.5) is 11.4 Å². The molecule has 2 aliphatic carbocycles. The fourth-order valence-electron chi connectivity index (χ4n) is 5.30. The monoisotopic (exact) mass is 666 g/mol. The van der Waals surface area contributed by atoms with Gasteiger partial charge in [-0.05, 0) is 11.6 Å². The number of nitro groups is 2. The van der Waals surface area contributed by atoms with Crippen LogP contribution in [0, 0.1) is 32.1 Å². The zero-order valence-electron chi connectivity index (χ0n) is 19.4. The van der Waals surface area contributed by atoms with Gasteiger partial charge in [0, 0.05) is 18.2 Å². The lowest BCUT2D eigenvalue weighted by Crippen LogP contribution is -2.55. The molecule has 17 heteroatoms. The maximum atomic E-state index is 13.9. The van der Waals surface area contributed by atoms with E-state index in [2.05, 4.69) is 0 Å². The Morgan fingerprint density at radius 3 is 1.82 bits per heavy atom. The molecule has 4 atom stereocenters. The number of allylic oxidation sites excluding steroid dienone is 2. The van der Waals surface area contributed by atoms with E-state index in [-0.39, 0.29) is 21.3 Å². The first-order chi connectivity index (χ1) is 18.6. The van der Waals surface area contributed by atoms with E-state index < -0.39 is 71.3 Å². The standard InChI is InChI=1S/C23H12Cl6N4O7/c24-16-17(25)22(27)15-14(21(16,26)23(22,28)29)19(35)31(20(15)36)30(9-10-5-7-11(8-6-10)32(37)38)18(34)12-3-1-2-4-13(12)33(39)40/h1-8,14-15H,9H2/t14-,15+,21-,22-/m1/s1. The molecule has 3 amide bonds. The second-order valence-corrected chi connectivity index (χ2v) is 12.4. The van der Waals surface area contributed by atoms with Crippen molar-refractivity contribution in [2.45, 2.75) is 20.6 Å². The van der Waals surface area contributed by atoms with Crippen molar-refractivity contribution < 1.29 is 24.2 Å². The number of amides is 3. The van der Waals surface area contributed by atoms with Crippen molar-refractivity contribution in [2.24, 2.45) is 11.8 Å². The number of hydrazine groups is 1. The highest BCUT2D eigenvalue weighted by Gasteiger charge is 2.88. The minimum atomic E-state index is -2.21. The van der Waals surface area contributed by atoms with Crippen molar-refractivity contribution in [1.29, 1.82) is 0 Å². The number of hydrogen-bond acceptors (Lipinski definition) is 7. The average molecular weight is 669 g/mol. The molecule has 0 N–H and O–H groups in total. The topological polar surface area (TPSA) is 144 Å². The number of hydrogen-bond donors (Lipinski definition) is 0. The van der Waals surface area contributed by atoms with Crippen LogP contribution in [0.5, 0.6) is 0 Å². The van der Waals surface area contributed by atoms with Gasteiger partial charge in [0.05, 0.1) is 38.3 Å². The first-order valence-electron chi connectivity index (χ1n) is 11.1. The summed E-state index contributed by atoms with van der Waals surface area (Å²) in [6.45, 7) is -0.522. The lowest BCUT2D eigenvalue weighted by molar-refractivity contribution is -0.385. The molecule has 3 aliphatic rings. The van der Waals surface area contributed by atoms with Crippen LogP contribution in [0.2, 0.25) is 0 Å². The lowest BCUT2D eigenvalue weighted by Gasteiger charge is -2.37. The number of rotatable bonds is 6. The van der Waals surface area contributed by atoms with Gasteiger partial charge in [0.25, 0.3) is 29.1 Å². The predicted octanol–water partition coefficient (Wildman–Crippen LogP) is 5.51. The highest BCUT2D eigenvalue weighted by molar-refractivity contribution is 6.66. The second-order valence-electron chi connectivity index (χ2n) is 9.13. The Morgan fingerprint density at radius 1 is 0.850 bits per heavy atom. The minimum absolute atomic E-state index is 0.234. The van der Waals surface area contributed by atoms with Gasteiger partial charge in [-0.25, -0.2) is 5.01 Å². The normalized spacial score (nSPS) is 28.2. The van der Waals surface area contributed by atoms with E-state index in [4.69, 9.17) is 69.6 Å². The third kappa shape index (κ3) is 3.55. The summed E-state index contributed by atoms with van der Waals surface area (Å²) in [4.78, 5) is 58.6. The van der Waals surface area contributed by atoms with Gasteiger partial charge in [0.15, 0.2) is 4.33 Å². The molecular formula is C23H12Cl6N4O7. The molecule has 1 aliphatic heterocycles. The van der Waals surface area contributed by atoms with Crippen molar-refractivity contribution in [3.8, 4) is 0 Å². The van der Waals surface area contributed by atoms with E-state index in [0.29, 0.717) is 10.0 Å². The van der Waals surface area contributed by atoms with Gasteiger partial charge in [-0.2, -0.15) is 5.01 Å². The molecule has 0 aromatic heterocycles. The Bertz CT molecular complexity index is 1520. The van der Waals surface area contributed by atoms with Crippen molar-refractivity contribution in [1.82, 2.24) is 10.0 Å². The number of para-hydroxylation sites is 1. The van der Waals surface area contributed by atoms with E-state index in [0.717, 1.165) is 24.3 Å². The SMILES string of the molecule is O=C(c1ccccc1[N+](=O)[O-])N(Cc1ccc([N+](=O)[O-])cc1)N1C(=O)[C@@H]2[C@H](C1=O)[C@@]1(Cl)C(Cl)=C(Cl)[C@@]2(Cl)C1(Cl)Cl. The summed E-state index contributed by atoms with van der Waals surface area (Å²) in [5.41, 5.74) is -1.08. The summed E-state index contributed by atoms with van der Waals surface area (Å²) in [5, 5.41) is 23.2. The molecule has 0 unspecified atom stereocenters. The maximum absolute atomic E-state index is 13.9. The number of carbonyl (C=O) groups excluding carboxylic acids is 3. The number of alkyl halides is 4. The van der Waals surface area contributed by atoms with E-state index in [1.54, 1.807) is 0 Å². The number of benzene rings is 2. The third-order valence-corrected chi connectivity index (χ3v) is 11.4. The number of imide groups is 1. The van der Waals surface area contributed by atoms with Crippen molar-refractivity contribution in [2.75, 3.05) is 0 Å². The zero-order chi connectivity index (χ0) is 29.5. The number of halogens is 6. The summed E-state index contributed by atoms with van der Waals surface area (Å²) >= 11 is 39.2. The average Bonchev–Trinajstić information content (AvgIpc) is 3.30. The summed E-state index contributed by atoms with van der Waals surface area (Å²) in [5.74, 6) is -6.37. The molecule has 1 saturated heterocycles. The Labute approximate surface area is 254 Å². The summed E-state index contributed by atoms with van der Waals surface area (Å²) < 4.78 is -2.21. The van der Waals surface area contributed by atoms with Crippen LogP contribution in [0.1, 0.15) is 15.9 Å². The van der Waals surface area contributed by atoms with E-state index in [1.165, 1.54) is 24.3 Å². The van der Waals surface area contributed by atoms with Gasteiger partial charge in [0.1, 0.15) is 15.3 Å². The highest BCUT2D eigenvalue weighted by Crippen LogP contribution is 2.77. The van der Waals surface area contributed by atoms with Gasteiger partial charge >= 0.3 is 0 Å². The van der Waals surface area contributed by atoms with Crippen LogP contribution in [0.15, 0.2) is 58.6 Å². The van der Waals surface area contributed by atoms with Gasteiger partial charge in [-0.1, -0.05) is 70.7 Å². The van der Waals surface area contributed by atoms with E-state index in [1.807, 2.05) is 0 Å². The van der Waals surface area contributed by atoms with Crippen LogP contribution < -0.4 is 0 Å². The summed E-state index contributed by atoms with van der Waals surface area (Å²) in [6.07, 6.45) is 0. The largest absolute Gasteiger partial charge is 0.282 e. The molecule has 2 aromatic rings. The van der Waals surface area contributed by atoms with Gasteiger partial charge < -0.3 is 0 Å². The van der Waals surface area contributed by atoms with Crippen LogP contribution in [-0.2, 0) is 16.1 Å². The minimum Gasteiger partial charge on any atom is -0.272 e. The molecule has 5 rings (SSSR count). The second kappa shape index (κ2) is 9.43. The first kappa shape index (κ1) is 28.8. The maximum Gasteiger partial charge on any atom is 0.282 e. The summed E-state index contributed by atoms with van der Waals surface area (Å²) in [7, 11) is 0. The smallest absolute Gasteiger partial charge is 0.272 e. The number of non-ortho nitro benzene ring substituents is 1. The Kier molecular flexibility index (Phi) is 6.80. The quantitative estimate of drug-likeness (QED) is 0.171. The molecule has 2 bridgehead atoms. The molecule has 1 heterocycles. The highest BCUT2D eigenvalue weighted by atomic mass is 35.5. The number of carbonyl (C=O) groups is 3. The van der Waals surface area contributed by atoms with Crippen LogP contribution in [0.3, 0.4) is 0 Å². The molecular weight excluding hydrogens is 657 g/mol. The third-order valence-electron chi connectivity index (χ3n) is 7.17. The molecule has 0 radical (unpaired) electrons. The first-order valence-corrected chi connectivity index (χ1v) is 13.4.